The molecule has 23 heavy (non-hydrogen) atoms. The molecule has 2 fully saturated rings. The van der Waals surface area contributed by atoms with Crippen LogP contribution in [0.25, 0.3) is 10.9 Å². The van der Waals surface area contributed by atoms with E-state index in [2.05, 4.69) is 41.0 Å². The maximum atomic E-state index is 5.46. The number of morpholine rings is 1. The van der Waals surface area contributed by atoms with E-state index in [1.165, 1.54) is 18.2 Å². The summed E-state index contributed by atoms with van der Waals surface area (Å²) in [5, 5.41) is 1.17. The summed E-state index contributed by atoms with van der Waals surface area (Å²) in [7, 11) is 0. The zero-order chi connectivity index (χ0) is 15.6. The molecule has 2 saturated heterocycles. The Morgan fingerprint density at radius 1 is 1.04 bits per heavy atom. The molecule has 0 bridgehead atoms. The van der Waals surface area contributed by atoms with Crippen molar-refractivity contribution in [3.63, 3.8) is 0 Å². The molecule has 5 heteroatoms. The molecule has 1 aromatic heterocycles. The van der Waals surface area contributed by atoms with Gasteiger partial charge in [0.15, 0.2) is 0 Å². The van der Waals surface area contributed by atoms with Crippen LogP contribution in [-0.4, -0.2) is 49.4 Å². The van der Waals surface area contributed by atoms with E-state index in [0.29, 0.717) is 0 Å². The third kappa shape index (κ3) is 2.98. The number of hydrogen-bond acceptors (Lipinski definition) is 5. The van der Waals surface area contributed by atoms with Crippen molar-refractivity contribution in [2.75, 3.05) is 49.2 Å². The highest BCUT2D eigenvalue weighted by molar-refractivity contribution is 5.90. The van der Waals surface area contributed by atoms with Crippen molar-refractivity contribution in [2.24, 2.45) is 5.92 Å². The number of ether oxygens (including phenoxy) is 1. The minimum absolute atomic E-state index is 0.726. The fraction of sp³-hybridized carbons (Fsp3) is 0.556. The summed E-state index contributed by atoms with van der Waals surface area (Å²) in [6, 6.07) is 8.38. The molecule has 2 aromatic rings. The van der Waals surface area contributed by atoms with E-state index in [9.17, 15) is 0 Å². The Morgan fingerprint density at radius 3 is 2.70 bits per heavy atom. The Morgan fingerprint density at radius 2 is 1.87 bits per heavy atom. The highest BCUT2D eigenvalue weighted by atomic mass is 16.5. The molecular weight excluding hydrogens is 288 g/mol. The average Bonchev–Trinajstić information content (AvgIpc) is 2.61. The third-order valence-corrected chi connectivity index (χ3v) is 4.82. The van der Waals surface area contributed by atoms with Crippen LogP contribution in [0.5, 0.6) is 0 Å². The summed E-state index contributed by atoms with van der Waals surface area (Å²) in [5.74, 6) is 2.67. The summed E-state index contributed by atoms with van der Waals surface area (Å²) in [6.45, 7) is 7.76. The average molecular weight is 312 g/mol. The highest BCUT2D eigenvalue weighted by Gasteiger charge is 2.22. The van der Waals surface area contributed by atoms with Crippen molar-refractivity contribution in [1.29, 1.82) is 0 Å². The van der Waals surface area contributed by atoms with Crippen LogP contribution in [0.4, 0.5) is 11.8 Å². The first-order valence-corrected chi connectivity index (χ1v) is 8.66. The molecule has 1 atom stereocenters. The van der Waals surface area contributed by atoms with Crippen molar-refractivity contribution < 1.29 is 4.74 Å². The molecule has 122 valence electrons. The zero-order valence-corrected chi connectivity index (χ0v) is 13.7. The number of rotatable bonds is 2. The van der Waals surface area contributed by atoms with Gasteiger partial charge in [-0.15, -0.1) is 0 Å². The first-order chi connectivity index (χ1) is 11.3. The van der Waals surface area contributed by atoms with E-state index in [4.69, 9.17) is 14.7 Å². The Hall–Kier alpha value is -1.88. The molecule has 0 spiro atoms. The lowest BCUT2D eigenvalue weighted by Gasteiger charge is -2.34. The second kappa shape index (κ2) is 6.32. The molecule has 2 aliphatic heterocycles. The normalized spacial score (nSPS) is 22.6. The topological polar surface area (TPSA) is 41.5 Å². The van der Waals surface area contributed by atoms with Gasteiger partial charge < -0.3 is 14.5 Å². The van der Waals surface area contributed by atoms with Crippen LogP contribution in [0.15, 0.2) is 24.3 Å². The van der Waals surface area contributed by atoms with Crippen LogP contribution < -0.4 is 9.80 Å². The summed E-state index contributed by atoms with van der Waals surface area (Å²) < 4.78 is 5.46. The largest absolute Gasteiger partial charge is 0.378 e. The van der Waals surface area contributed by atoms with Crippen LogP contribution in [0, 0.1) is 5.92 Å². The van der Waals surface area contributed by atoms with Gasteiger partial charge in [-0.25, -0.2) is 4.98 Å². The Balaban J connectivity index is 1.77. The van der Waals surface area contributed by atoms with Gasteiger partial charge in [0.2, 0.25) is 5.95 Å². The van der Waals surface area contributed by atoms with E-state index in [1.807, 2.05) is 0 Å². The summed E-state index contributed by atoms with van der Waals surface area (Å²) in [6.07, 6.45) is 2.56. The predicted octanol–water partition coefficient (Wildman–Crippen LogP) is 2.70. The number of fused-ring (bicyclic) bond motifs is 1. The van der Waals surface area contributed by atoms with Crippen molar-refractivity contribution in [2.45, 2.75) is 19.8 Å². The molecule has 3 heterocycles. The molecule has 0 unspecified atom stereocenters. The smallest absolute Gasteiger partial charge is 0.228 e. The van der Waals surface area contributed by atoms with Gasteiger partial charge in [-0.1, -0.05) is 19.1 Å². The predicted molar refractivity (Wildman–Crippen MR) is 93.2 cm³/mol. The summed E-state index contributed by atoms with van der Waals surface area (Å²) >= 11 is 0. The van der Waals surface area contributed by atoms with Gasteiger partial charge in [0.25, 0.3) is 0 Å². The van der Waals surface area contributed by atoms with Gasteiger partial charge in [-0.05, 0) is 30.9 Å². The van der Waals surface area contributed by atoms with E-state index < -0.39 is 0 Å². The molecular formula is C18H24N4O. The molecule has 0 saturated carbocycles. The Labute approximate surface area is 137 Å². The number of aromatic nitrogens is 2. The fourth-order valence-corrected chi connectivity index (χ4v) is 3.58. The molecule has 2 aliphatic rings. The molecule has 0 radical (unpaired) electrons. The maximum Gasteiger partial charge on any atom is 0.228 e. The molecule has 0 N–H and O–H groups in total. The van der Waals surface area contributed by atoms with Crippen molar-refractivity contribution >= 4 is 22.7 Å². The fourth-order valence-electron chi connectivity index (χ4n) is 3.58. The van der Waals surface area contributed by atoms with Crippen LogP contribution in [0.3, 0.4) is 0 Å². The standard InChI is InChI=1S/C18H24N4O/c1-14-5-4-8-22(13-14)17-15-6-2-3-7-16(15)19-18(20-17)21-9-11-23-12-10-21/h2-3,6-7,14H,4-5,8-13H2,1H3/t14-/m1/s1. The maximum absolute atomic E-state index is 5.46. The van der Waals surface area contributed by atoms with Crippen LogP contribution in [-0.2, 0) is 4.74 Å². The van der Waals surface area contributed by atoms with E-state index in [1.54, 1.807) is 0 Å². The minimum atomic E-state index is 0.726. The van der Waals surface area contributed by atoms with Gasteiger partial charge >= 0.3 is 0 Å². The second-order valence-electron chi connectivity index (χ2n) is 6.66. The summed E-state index contributed by atoms with van der Waals surface area (Å²) in [4.78, 5) is 14.5. The van der Waals surface area contributed by atoms with Gasteiger partial charge in [0.1, 0.15) is 5.82 Å². The van der Waals surface area contributed by atoms with Crippen molar-refractivity contribution in [3.8, 4) is 0 Å². The van der Waals surface area contributed by atoms with Gasteiger partial charge in [0, 0.05) is 31.6 Å². The lowest BCUT2D eigenvalue weighted by Crippen LogP contribution is -2.38. The first-order valence-electron chi connectivity index (χ1n) is 8.66. The number of anilines is 2. The number of piperidine rings is 1. The van der Waals surface area contributed by atoms with Crippen LogP contribution >= 0.6 is 0 Å². The monoisotopic (exact) mass is 312 g/mol. The van der Waals surface area contributed by atoms with Crippen molar-refractivity contribution in [1.82, 2.24) is 9.97 Å². The molecule has 0 aliphatic carbocycles. The van der Waals surface area contributed by atoms with E-state index in [-0.39, 0.29) is 0 Å². The SMILES string of the molecule is C[C@@H]1CCCN(c2nc(N3CCOCC3)nc3ccccc23)C1. The minimum Gasteiger partial charge on any atom is -0.378 e. The number of nitrogens with zero attached hydrogens (tertiary/aromatic N) is 4. The lowest BCUT2D eigenvalue weighted by molar-refractivity contribution is 0.122. The lowest BCUT2D eigenvalue weighted by atomic mass is 10.00. The zero-order valence-electron chi connectivity index (χ0n) is 13.7. The number of benzene rings is 1. The quantitative estimate of drug-likeness (QED) is 0.853. The second-order valence-corrected chi connectivity index (χ2v) is 6.66. The van der Waals surface area contributed by atoms with Crippen LogP contribution in [0.2, 0.25) is 0 Å². The number of hydrogen-bond donors (Lipinski definition) is 0. The van der Waals surface area contributed by atoms with Gasteiger partial charge in [-0.3, -0.25) is 0 Å². The molecule has 0 amide bonds. The Kier molecular flexibility index (Phi) is 4.04. The van der Waals surface area contributed by atoms with Gasteiger partial charge in [-0.2, -0.15) is 4.98 Å². The van der Waals surface area contributed by atoms with Gasteiger partial charge in [0.05, 0.1) is 18.7 Å². The molecule has 5 nitrogen and oxygen atoms in total. The summed E-state index contributed by atoms with van der Waals surface area (Å²) in [5.41, 5.74) is 1.04. The number of para-hydroxylation sites is 1. The molecule has 4 rings (SSSR count). The highest BCUT2D eigenvalue weighted by Crippen LogP contribution is 2.30. The first kappa shape index (κ1) is 14.7. The van der Waals surface area contributed by atoms with E-state index in [0.717, 1.165) is 62.6 Å². The Bertz CT molecular complexity index is 684. The van der Waals surface area contributed by atoms with Crippen LogP contribution in [0.1, 0.15) is 19.8 Å². The third-order valence-electron chi connectivity index (χ3n) is 4.82. The molecule has 1 aromatic carbocycles. The van der Waals surface area contributed by atoms with E-state index >= 15 is 0 Å². The van der Waals surface area contributed by atoms with Crippen molar-refractivity contribution in [3.05, 3.63) is 24.3 Å².